The second-order valence-corrected chi connectivity index (χ2v) is 7.29. The lowest BCUT2D eigenvalue weighted by molar-refractivity contribution is -0.119. The second kappa shape index (κ2) is 8.00. The van der Waals surface area contributed by atoms with Gasteiger partial charge in [0.2, 0.25) is 5.91 Å². The molecule has 1 fully saturated rings. The number of benzene rings is 2. The molecule has 4 rings (SSSR count). The molecule has 0 aliphatic carbocycles. The Morgan fingerprint density at radius 2 is 1.89 bits per heavy atom. The number of hydrogen-bond acceptors (Lipinski definition) is 5. The summed E-state index contributed by atoms with van der Waals surface area (Å²) in [5.41, 5.74) is 2.20. The SMILES string of the molecule is CC(=O)N[C@@H](C)c1ccc(OC2CCN(c3ccc4c(c3)OCCO4)C2)cc1. The predicted molar refractivity (Wildman–Crippen MR) is 107 cm³/mol. The van der Waals surface area contributed by atoms with Crippen molar-refractivity contribution in [2.24, 2.45) is 0 Å². The number of anilines is 1. The Hall–Kier alpha value is -2.89. The molecule has 2 aliphatic rings. The molecule has 2 aliphatic heterocycles. The van der Waals surface area contributed by atoms with Crippen molar-refractivity contribution >= 4 is 11.6 Å². The molecule has 0 saturated carbocycles. The van der Waals surface area contributed by atoms with Crippen LogP contribution < -0.4 is 24.4 Å². The molecule has 6 heteroatoms. The quantitative estimate of drug-likeness (QED) is 0.860. The van der Waals surface area contributed by atoms with Gasteiger partial charge in [0.05, 0.1) is 12.6 Å². The highest BCUT2D eigenvalue weighted by molar-refractivity contribution is 5.73. The largest absolute Gasteiger partial charge is 0.489 e. The third kappa shape index (κ3) is 4.16. The molecule has 2 aromatic carbocycles. The molecule has 1 unspecified atom stereocenters. The summed E-state index contributed by atoms with van der Waals surface area (Å²) < 4.78 is 17.5. The van der Waals surface area contributed by atoms with Crippen molar-refractivity contribution in [2.75, 3.05) is 31.2 Å². The van der Waals surface area contributed by atoms with Gasteiger partial charge in [0, 0.05) is 31.6 Å². The minimum atomic E-state index is -0.0296. The van der Waals surface area contributed by atoms with E-state index in [2.05, 4.69) is 22.3 Å². The molecule has 1 amide bonds. The van der Waals surface area contributed by atoms with Crippen molar-refractivity contribution in [1.29, 1.82) is 0 Å². The van der Waals surface area contributed by atoms with Crippen LogP contribution in [0.2, 0.25) is 0 Å². The minimum absolute atomic E-state index is 0.0104. The summed E-state index contributed by atoms with van der Waals surface area (Å²) in [6.07, 6.45) is 1.12. The zero-order valence-electron chi connectivity index (χ0n) is 16.3. The summed E-state index contributed by atoms with van der Waals surface area (Å²) in [5, 5.41) is 2.89. The number of fused-ring (bicyclic) bond motifs is 1. The average Bonchev–Trinajstić information content (AvgIpc) is 3.16. The maximum atomic E-state index is 11.2. The summed E-state index contributed by atoms with van der Waals surface area (Å²) in [6, 6.07) is 14.0. The molecule has 28 heavy (non-hydrogen) atoms. The van der Waals surface area contributed by atoms with Crippen molar-refractivity contribution < 1.29 is 19.0 Å². The van der Waals surface area contributed by atoms with Gasteiger partial charge < -0.3 is 24.4 Å². The van der Waals surface area contributed by atoms with Gasteiger partial charge in [0.1, 0.15) is 25.1 Å². The Kier molecular flexibility index (Phi) is 5.28. The second-order valence-electron chi connectivity index (χ2n) is 7.29. The molecular formula is C22H26N2O4. The molecule has 2 heterocycles. The average molecular weight is 382 g/mol. The van der Waals surface area contributed by atoms with Gasteiger partial charge >= 0.3 is 0 Å². The normalized spacial score (nSPS) is 19.2. The highest BCUT2D eigenvalue weighted by Gasteiger charge is 2.25. The van der Waals surface area contributed by atoms with Crippen LogP contribution in [-0.2, 0) is 4.79 Å². The van der Waals surface area contributed by atoms with E-state index in [0.717, 1.165) is 48.0 Å². The zero-order valence-corrected chi connectivity index (χ0v) is 16.3. The zero-order chi connectivity index (χ0) is 19.5. The van der Waals surface area contributed by atoms with Gasteiger partial charge in [-0.2, -0.15) is 0 Å². The molecular weight excluding hydrogens is 356 g/mol. The molecule has 1 N–H and O–H groups in total. The lowest BCUT2D eigenvalue weighted by atomic mass is 10.1. The van der Waals surface area contributed by atoms with Gasteiger partial charge in [0.25, 0.3) is 0 Å². The Labute approximate surface area is 165 Å². The monoisotopic (exact) mass is 382 g/mol. The van der Waals surface area contributed by atoms with Gasteiger partial charge in [-0.1, -0.05) is 12.1 Å². The molecule has 0 spiro atoms. The predicted octanol–water partition coefficient (Wildman–Crippen LogP) is 3.31. The number of carbonyl (C=O) groups is 1. The fraction of sp³-hybridized carbons (Fsp3) is 0.409. The number of amides is 1. The van der Waals surface area contributed by atoms with Crippen LogP contribution in [0.1, 0.15) is 31.9 Å². The van der Waals surface area contributed by atoms with Gasteiger partial charge in [-0.3, -0.25) is 4.79 Å². The molecule has 0 radical (unpaired) electrons. The third-order valence-electron chi connectivity index (χ3n) is 5.14. The summed E-state index contributed by atoms with van der Waals surface area (Å²) in [7, 11) is 0. The Balaban J connectivity index is 1.35. The standard InChI is InChI=1S/C22H26N2O4/c1-15(23-16(2)25)17-3-6-19(7-4-17)28-20-9-10-24(14-20)18-5-8-21-22(13-18)27-12-11-26-21/h3-8,13,15,20H,9-12,14H2,1-2H3,(H,23,25)/t15-,20?/m0/s1. The first-order chi connectivity index (χ1) is 13.6. The van der Waals surface area contributed by atoms with E-state index in [1.165, 1.54) is 6.92 Å². The molecule has 148 valence electrons. The van der Waals surface area contributed by atoms with E-state index in [0.29, 0.717) is 13.2 Å². The number of hydrogen-bond donors (Lipinski definition) is 1. The fourth-order valence-corrected chi connectivity index (χ4v) is 3.70. The third-order valence-corrected chi connectivity index (χ3v) is 5.14. The Bertz CT molecular complexity index is 837. The van der Waals surface area contributed by atoms with Crippen LogP contribution in [0.3, 0.4) is 0 Å². The van der Waals surface area contributed by atoms with Crippen LogP contribution in [0.25, 0.3) is 0 Å². The molecule has 2 atom stereocenters. The van der Waals surface area contributed by atoms with E-state index >= 15 is 0 Å². The molecule has 0 aromatic heterocycles. The summed E-state index contributed by atoms with van der Waals surface area (Å²) >= 11 is 0. The maximum absolute atomic E-state index is 11.2. The van der Waals surface area contributed by atoms with Crippen molar-refractivity contribution in [2.45, 2.75) is 32.4 Å². The fourth-order valence-electron chi connectivity index (χ4n) is 3.70. The van der Waals surface area contributed by atoms with Crippen LogP contribution >= 0.6 is 0 Å². The first-order valence-electron chi connectivity index (χ1n) is 9.77. The van der Waals surface area contributed by atoms with E-state index in [-0.39, 0.29) is 18.1 Å². The lowest BCUT2D eigenvalue weighted by Gasteiger charge is -2.23. The number of carbonyl (C=O) groups excluding carboxylic acids is 1. The summed E-state index contributed by atoms with van der Waals surface area (Å²) in [6.45, 7) is 6.49. The molecule has 2 aromatic rings. The molecule has 0 bridgehead atoms. The number of nitrogens with one attached hydrogen (secondary N) is 1. The number of nitrogens with zero attached hydrogens (tertiary/aromatic N) is 1. The Morgan fingerprint density at radius 3 is 2.64 bits per heavy atom. The van der Waals surface area contributed by atoms with Gasteiger partial charge in [-0.05, 0) is 36.8 Å². The van der Waals surface area contributed by atoms with E-state index in [1.54, 1.807) is 0 Å². The van der Waals surface area contributed by atoms with Crippen molar-refractivity contribution in [3.8, 4) is 17.2 Å². The maximum Gasteiger partial charge on any atom is 0.217 e. The molecule has 1 saturated heterocycles. The van der Waals surface area contributed by atoms with E-state index < -0.39 is 0 Å². The van der Waals surface area contributed by atoms with Gasteiger partial charge in [0.15, 0.2) is 11.5 Å². The van der Waals surface area contributed by atoms with Gasteiger partial charge in [-0.25, -0.2) is 0 Å². The van der Waals surface area contributed by atoms with Crippen molar-refractivity contribution in [3.63, 3.8) is 0 Å². The Morgan fingerprint density at radius 1 is 1.14 bits per heavy atom. The first-order valence-corrected chi connectivity index (χ1v) is 9.77. The first kappa shape index (κ1) is 18.5. The molecule has 6 nitrogen and oxygen atoms in total. The summed E-state index contributed by atoms with van der Waals surface area (Å²) in [5.74, 6) is 2.46. The van der Waals surface area contributed by atoms with E-state index in [4.69, 9.17) is 14.2 Å². The van der Waals surface area contributed by atoms with Crippen LogP contribution in [0.5, 0.6) is 17.2 Å². The smallest absolute Gasteiger partial charge is 0.217 e. The van der Waals surface area contributed by atoms with E-state index in [1.807, 2.05) is 37.3 Å². The van der Waals surface area contributed by atoms with Crippen LogP contribution in [0.4, 0.5) is 5.69 Å². The van der Waals surface area contributed by atoms with Crippen molar-refractivity contribution in [3.05, 3.63) is 48.0 Å². The van der Waals surface area contributed by atoms with Crippen LogP contribution in [0.15, 0.2) is 42.5 Å². The number of ether oxygens (including phenoxy) is 3. The van der Waals surface area contributed by atoms with Crippen LogP contribution in [0, 0.1) is 0 Å². The highest BCUT2D eigenvalue weighted by atomic mass is 16.6. The van der Waals surface area contributed by atoms with Gasteiger partial charge in [-0.15, -0.1) is 0 Å². The van der Waals surface area contributed by atoms with Crippen LogP contribution in [-0.4, -0.2) is 38.3 Å². The minimum Gasteiger partial charge on any atom is -0.489 e. The highest BCUT2D eigenvalue weighted by Crippen LogP contribution is 2.35. The summed E-state index contributed by atoms with van der Waals surface area (Å²) in [4.78, 5) is 13.5. The topological polar surface area (TPSA) is 60.0 Å². The lowest BCUT2D eigenvalue weighted by Crippen LogP contribution is -2.25. The van der Waals surface area contributed by atoms with E-state index in [9.17, 15) is 4.79 Å². The number of rotatable bonds is 5. The van der Waals surface area contributed by atoms with Crippen molar-refractivity contribution in [1.82, 2.24) is 5.32 Å².